The maximum absolute atomic E-state index is 12.7. The Morgan fingerprint density at radius 1 is 1.19 bits per heavy atom. The molecule has 10 heteroatoms. The summed E-state index contributed by atoms with van der Waals surface area (Å²) in [5.74, 6) is -1.36. The minimum atomic E-state index is -4.47. The monoisotopic (exact) mass is 370 g/mol. The predicted octanol–water partition coefficient (Wildman–Crippen LogP) is 2.66. The van der Waals surface area contributed by atoms with Gasteiger partial charge >= 0.3 is 12.1 Å². The Kier molecular flexibility index (Phi) is 6.31. The van der Waals surface area contributed by atoms with Crippen molar-refractivity contribution in [2.75, 3.05) is 6.54 Å². The van der Waals surface area contributed by atoms with Gasteiger partial charge in [-0.25, -0.2) is 4.68 Å². The highest BCUT2D eigenvalue weighted by Crippen LogP contribution is 2.30. The topological polar surface area (TPSA) is 97.1 Å². The van der Waals surface area contributed by atoms with Crippen LogP contribution in [0.15, 0.2) is 30.5 Å². The molecule has 140 valence electrons. The van der Waals surface area contributed by atoms with E-state index in [0.717, 1.165) is 16.8 Å². The van der Waals surface area contributed by atoms with Gasteiger partial charge < -0.3 is 10.4 Å². The number of carboxylic acid groups (broad SMARTS) is 1. The summed E-state index contributed by atoms with van der Waals surface area (Å²) < 4.78 is 39.3. The van der Waals surface area contributed by atoms with Crippen LogP contribution in [0.25, 0.3) is 5.69 Å². The van der Waals surface area contributed by atoms with E-state index < -0.39 is 23.6 Å². The van der Waals surface area contributed by atoms with Gasteiger partial charge in [-0.3, -0.25) is 9.59 Å². The summed E-state index contributed by atoms with van der Waals surface area (Å²) in [6, 6.07) is 4.53. The third kappa shape index (κ3) is 5.57. The Bertz CT molecular complexity index is 774. The Hall–Kier alpha value is -2.91. The number of aliphatic carboxylic acids is 1. The lowest BCUT2D eigenvalue weighted by Gasteiger charge is -2.08. The first-order chi connectivity index (χ1) is 12.3. The van der Waals surface area contributed by atoms with Gasteiger partial charge in [-0.1, -0.05) is 17.7 Å². The quantitative estimate of drug-likeness (QED) is 0.697. The number of carbonyl (C=O) groups is 2. The first-order valence-corrected chi connectivity index (χ1v) is 7.87. The number of carboxylic acids is 1. The van der Waals surface area contributed by atoms with Crippen LogP contribution < -0.4 is 5.32 Å². The van der Waals surface area contributed by atoms with Crippen molar-refractivity contribution >= 4 is 11.9 Å². The Morgan fingerprint density at radius 3 is 2.65 bits per heavy atom. The normalized spacial score (nSPS) is 11.3. The summed E-state index contributed by atoms with van der Waals surface area (Å²) >= 11 is 0. The summed E-state index contributed by atoms with van der Waals surface area (Å²) in [6.07, 6.45) is -1.35. The second-order valence-electron chi connectivity index (χ2n) is 5.56. The summed E-state index contributed by atoms with van der Waals surface area (Å²) in [4.78, 5) is 22.3. The number of carbonyl (C=O) groups excluding carboxylic acids is 1. The fraction of sp³-hybridized carbons (Fsp3) is 0.375. The van der Waals surface area contributed by atoms with Gasteiger partial charge in [-0.2, -0.15) is 13.2 Å². The van der Waals surface area contributed by atoms with E-state index in [-0.39, 0.29) is 17.8 Å². The van der Waals surface area contributed by atoms with Crippen molar-refractivity contribution in [1.29, 1.82) is 0 Å². The number of rotatable bonds is 8. The number of hydrogen-bond donors (Lipinski definition) is 2. The van der Waals surface area contributed by atoms with Gasteiger partial charge in [-0.15, -0.1) is 5.10 Å². The van der Waals surface area contributed by atoms with Crippen LogP contribution in [0.1, 0.15) is 41.7 Å². The molecule has 0 aliphatic rings. The molecule has 1 heterocycles. The van der Waals surface area contributed by atoms with Crippen molar-refractivity contribution in [3.8, 4) is 5.69 Å². The van der Waals surface area contributed by atoms with Crippen molar-refractivity contribution in [2.45, 2.75) is 31.9 Å². The lowest BCUT2D eigenvalue weighted by molar-refractivity contribution is -0.138. The molecule has 1 aromatic heterocycles. The van der Waals surface area contributed by atoms with E-state index in [1.807, 2.05) is 0 Å². The number of hydrogen-bond acceptors (Lipinski definition) is 4. The van der Waals surface area contributed by atoms with Crippen LogP contribution in [0.3, 0.4) is 0 Å². The second kappa shape index (κ2) is 8.45. The third-order valence-electron chi connectivity index (χ3n) is 3.52. The van der Waals surface area contributed by atoms with E-state index in [1.54, 1.807) is 0 Å². The molecule has 0 spiro atoms. The van der Waals surface area contributed by atoms with Gasteiger partial charge in [0.2, 0.25) is 0 Å². The molecular formula is C16H17F3N4O3. The lowest BCUT2D eigenvalue weighted by atomic mass is 10.2. The molecule has 0 unspecified atom stereocenters. The third-order valence-corrected chi connectivity index (χ3v) is 3.52. The average Bonchev–Trinajstić information content (AvgIpc) is 3.07. The number of benzene rings is 1. The van der Waals surface area contributed by atoms with Crippen LogP contribution in [0.5, 0.6) is 0 Å². The van der Waals surface area contributed by atoms with E-state index in [2.05, 4.69) is 15.6 Å². The van der Waals surface area contributed by atoms with Crippen molar-refractivity contribution < 1.29 is 27.9 Å². The molecule has 0 bridgehead atoms. The molecule has 1 amide bonds. The fourth-order valence-corrected chi connectivity index (χ4v) is 2.19. The number of unbranched alkanes of at least 4 members (excludes halogenated alkanes) is 2. The van der Waals surface area contributed by atoms with Crippen molar-refractivity contribution in [3.63, 3.8) is 0 Å². The Morgan fingerprint density at radius 2 is 1.96 bits per heavy atom. The molecule has 0 atom stereocenters. The maximum Gasteiger partial charge on any atom is 0.416 e. The Labute approximate surface area is 146 Å². The van der Waals surface area contributed by atoms with Crippen LogP contribution >= 0.6 is 0 Å². The summed E-state index contributed by atoms with van der Waals surface area (Å²) in [5, 5.41) is 18.5. The second-order valence-corrected chi connectivity index (χ2v) is 5.56. The molecule has 7 nitrogen and oxygen atoms in total. The number of amides is 1. The van der Waals surface area contributed by atoms with Gasteiger partial charge in [0, 0.05) is 13.0 Å². The standard InChI is InChI=1S/C16H17F3N4O3/c17-16(18,19)11-5-4-6-12(9-11)23-10-13(21-22-23)15(26)20-8-3-1-2-7-14(24)25/h4-6,9-10H,1-3,7-8H2,(H,20,26)(H,24,25). The molecule has 1 aromatic carbocycles. The highest BCUT2D eigenvalue weighted by Gasteiger charge is 2.30. The molecule has 2 N–H and O–H groups in total. The van der Waals surface area contributed by atoms with E-state index in [1.165, 1.54) is 18.3 Å². The van der Waals surface area contributed by atoms with Gasteiger partial charge in [-0.05, 0) is 31.0 Å². The smallest absolute Gasteiger partial charge is 0.416 e. The maximum atomic E-state index is 12.7. The number of alkyl halides is 3. The molecule has 26 heavy (non-hydrogen) atoms. The molecule has 0 radical (unpaired) electrons. The van der Waals surface area contributed by atoms with Crippen LogP contribution in [-0.4, -0.2) is 38.5 Å². The van der Waals surface area contributed by atoms with E-state index in [0.29, 0.717) is 25.8 Å². The Balaban J connectivity index is 1.91. The number of aromatic nitrogens is 3. The number of halogens is 3. The summed E-state index contributed by atoms with van der Waals surface area (Å²) in [7, 11) is 0. The summed E-state index contributed by atoms with van der Waals surface area (Å²) in [6.45, 7) is 0.342. The van der Waals surface area contributed by atoms with Gasteiger partial charge in [0.05, 0.1) is 17.4 Å². The molecule has 0 saturated heterocycles. The van der Waals surface area contributed by atoms with Crippen LogP contribution in [0.2, 0.25) is 0 Å². The van der Waals surface area contributed by atoms with Gasteiger partial charge in [0.15, 0.2) is 5.69 Å². The van der Waals surface area contributed by atoms with Crippen molar-refractivity contribution in [1.82, 2.24) is 20.3 Å². The minimum absolute atomic E-state index is 0.0204. The first kappa shape index (κ1) is 19.4. The van der Waals surface area contributed by atoms with Gasteiger partial charge in [0.1, 0.15) is 0 Å². The number of nitrogens with one attached hydrogen (secondary N) is 1. The first-order valence-electron chi connectivity index (χ1n) is 7.87. The zero-order valence-corrected chi connectivity index (χ0v) is 13.7. The average molecular weight is 370 g/mol. The molecule has 2 rings (SSSR count). The molecule has 0 fully saturated rings. The van der Waals surface area contributed by atoms with Gasteiger partial charge in [0.25, 0.3) is 5.91 Å². The largest absolute Gasteiger partial charge is 0.481 e. The number of nitrogens with zero attached hydrogens (tertiary/aromatic N) is 3. The van der Waals surface area contributed by atoms with Crippen molar-refractivity contribution in [3.05, 3.63) is 41.7 Å². The van der Waals surface area contributed by atoms with Crippen LogP contribution in [0.4, 0.5) is 13.2 Å². The van der Waals surface area contributed by atoms with Crippen LogP contribution in [0, 0.1) is 0 Å². The van der Waals surface area contributed by atoms with Crippen LogP contribution in [-0.2, 0) is 11.0 Å². The predicted molar refractivity (Wildman–Crippen MR) is 84.8 cm³/mol. The SMILES string of the molecule is O=C(O)CCCCCNC(=O)c1cn(-c2cccc(C(F)(F)F)c2)nn1. The molecule has 0 aliphatic carbocycles. The van der Waals surface area contributed by atoms with Crippen molar-refractivity contribution in [2.24, 2.45) is 0 Å². The highest BCUT2D eigenvalue weighted by molar-refractivity contribution is 5.91. The minimum Gasteiger partial charge on any atom is -0.481 e. The highest BCUT2D eigenvalue weighted by atomic mass is 19.4. The zero-order valence-electron chi connectivity index (χ0n) is 13.7. The zero-order chi connectivity index (χ0) is 19.2. The molecule has 0 saturated carbocycles. The van der Waals surface area contributed by atoms with E-state index >= 15 is 0 Å². The molecule has 0 aliphatic heterocycles. The lowest BCUT2D eigenvalue weighted by Crippen LogP contribution is -2.24. The summed E-state index contributed by atoms with van der Waals surface area (Å²) in [5.41, 5.74) is -0.703. The molecule has 2 aromatic rings. The fourth-order valence-electron chi connectivity index (χ4n) is 2.19. The van der Waals surface area contributed by atoms with E-state index in [9.17, 15) is 22.8 Å². The van der Waals surface area contributed by atoms with E-state index in [4.69, 9.17) is 5.11 Å². The molecular weight excluding hydrogens is 353 g/mol.